The van der Waals surface area contributed by atoms with Crippen molar-refractivity contribution in [2.75, 3.05) is 26.2 Å². The molecule has 7 heteroatoms. The maximum absolute atomic E-state index is 13.7. The van der Waals surface area contributed by atoms with Crippen LogP contribution in [0.3, 0.4) is 0 Å². The number of halogens is 1. The second kappa shape index (κ2) is 10.1. The molecular formula is C28H24ClNO5. The number of methoxy groups -OCH3 is 3. The summed E-state index contributed by atoms with van der Waals surface area (Å²) in [6, 6.07) is 17.9. The van der Waals surface area contributed by atoms with Crippen molar-refractivity contribution in [1.82, 2.24) is 0 Å². The number of hydrogen-bond donors (Lipinski definition) is 0. The number of benzene rings is 3. The lowest BCUT2D eigenvalue weighted by atomic mass is 10.0. The van der Waals surface area contributed by atoms with E-state index in [-0.39, 0.29) is 5.91 Å². The van der Waals surface area contributed by atoms with Gasteiger partial charge in [-0.2, -0.15) is 0 Å². The van der Waals surface area contributed by atoms with Gasteiger partial charge in [-0.3, -0.25) is 9.69 Å². The Kier molecular flexibility index (Phi) is 6.94. The van der Waals surface area contributed by atoms with E-state index in [4.69, 9.17) is 25.8 Å². The highest BCUT2D eigenvalue weighted by Crippen LogP contribution is 2.38. The van der Waals surface area contributed by atoms with Crippen LogP contribution in [0.4, 0.5) is 5.69 Å². The fraction of sp³-hybridized carbons (Fsp3) is 0.143. The largest absolute Gasteiger partial charge is 0.493 e. The fourth-order valence-electron chi connectivity index (χ4n) is 4.01. The number of rotatable bonds is 6. The first kappa shape index (κ1) is 24.1. The first-order valence-electron chi connectivity index (χ1n) is 10.8. The Morgan fingerprint density at radius 2 is 1.66 bits per heavy atom. The molecule has 0 bridgehead atoms. The summed E-state index contributed by atoms with van der Waals surface area (Å²) in [6.07, 6.45) is 3.62. The molecular weight excluding hydrogens is 466 g/mol. The lowest BCUT2D eigenvalue weighted by molar-refractivity contribution is -0.113. The second-order valence-electron chi connectivity index (χ2n) is 7.83. The van der Waals surface area contributed by atoms with Crippen LogP contribution in [0.25, 0.3) is 11.8 Å². The molecule has 0 spiro atoms. The van der Waals surface area contributed by atoms with E-state index in [1.54, 1.807) is 68.5 Å². The van der Waals surface area contributed by atoms with E-state index < -0.39 is 5.97 Å². The Hall–Kier alpha value is -4.03. The van der Waals surface area contributed by atoms with Gasteiger partial charge in [0.05, 0.1) is 38.3 Å². The zero-order valence-corrected chi connectivity index (χ0v) is 20.6. The van der Waals surface area contributed by atoms with Crippen molar-refractivity contribution in [3.8, 4) is 11.5 Å². The number of amides is 1. The predicted molar refractivity (Wildman–Crippen MR) is 137 cm³/mol. The summed E-state index contributed by atoms with van der Waals surface area (Å²) >= 11 is 6.10. The summed E-state index contributed by atoms with van der Waals surface area (Å²) in [7, 11) is 4.46. The van der Waals surface area contributed by atoms with E-state index in [0.29, 0.717) is 44.6 Å². The van der Waals surface area contributed by atoms with E-state index in [0.717, 1.165) is 11.1 Å². The van der Waals surface area contributed by atoms with Gasteiger partial charge in [0.25, 0.3) is 5.91 Å². The Labute approximate surface area is 209 Å². The van der Waals surface area contributed by atoms with Crippen LogP contribution in [0.1, 0.15) is 27.0 Å². The highest BCUT2D eigenvalue weighted by molar-refractivity contribution is 6.30. The molecule has 35 heavy (non-hydrogen) atoms. The van der Waals surface area contributed by atoms with Crippen molar-refractivity contribution < 1.29 is 23.8 Å². The number of carbonyl (C=O) groups is 2. The molecule has 4 rings (SSSR count). The van der Waals surface area contributed by atoms with Crippen molar-refractivity contribution in [3.05, 3.63) is 99.6 Å². The molecule has 0 aromatic heterocycles. The molecule has 0 atom stereocenters. The van der Waals surface area contributed by atoms with E-state index in [9.17, 15) is 9.59 Å². The van der Waals surface area contributed by atoms with Crippen LogP contribution in [-0.2, 0) is 9.53 Å². The molecule has 0 radical (unpaired) electrons. The van der Waals surface area contributed by atoms with Gasteiger partial charge in [-0.25, -0.2) is 4.79 Å². The highest BCUT2D eigenvalue weighted by atomic mass is 35.5. The standard InChI is InChI=1S/C28H24ClNO5/c1-17-22(28(32)35-4)6-5-7-23(17)30-24(19-9-11-21(29)12-10-19)16-20(27(30)31)14-18-8-13-25(33-2)26(15-18)34-3/h5-16H,1-4H3/b20-14+. The van der Waals surface area contributed by atoms with Gasteiger partial charge in [0, 0.05) is 10.6 Å². The molecule has 0 fully saturated rings. The third kappa shape index (κ3) is 4.66. The van der Waals surface area contributed by atoms with Crippen LogP contribution < -0.4 is 14.4 Å². The van der Waals surface area contributed by atoms with E-state index in [1.807, 2.05) is 30.3 Å². The zero-order chi connectivity index (χ0) is 25.1. The Morgan fingerprint density at radius 3 is 2.31 bits per heavy atom. The van der Waals surface area contributed by atoms with Crippen LogP contribution in [0.2, 0.25) is 5.02 Å². The first-order chi connectivity index (χ1) is 16.9. The van der Waals surface area contributed by atoms with Crippen LogP contribution in [-0.4, -0.2) is 33.2 Å². The summed E-state index contributed by atoms with van der Waals surface area (Å²) in [5.74, 6) is 0.471. The zero-order valence-electron chi connectivity index (χ0n) is 19.8. The van der Waals surface area contributed by atoms with Gasteiger partial charge in [-0.15, -0.1) is 0 Å². The van der Waals surface area contributed by atoms with Crippen LogP contribution in [0.5, 0.6) is 11.5 Å². The maximum Gasteiger partial charge on any atom is 0.338 e. The first-order valence-corrected chi connectivity index (χ1v) is 11.2. The van der Waals surface area contributed by atoms with Gasteiger partial charge >= 0.3 is 5.97 Å². The Balaban J connectivity index is 1.86. The van der Waals surface area contributed by atoms with Gasteiger partial charge in [0.15, 0.2) is 11.5 Å². The lowest BCUT2D eigenvalue weighted by Crippen LogP contribution is -2.26. The third-order valence-electron chi connectivity index (χ3n) is 5.80. The van der Waals surface area contributed by atoms with Gasteiger partial charge in [-0.1, -0.05) is 35.9 Å². The number of nitrogens with zero attached hydrogens (tertiary/aromatic N) is 1. The lowest BCUT2D eigenvalue weighted by Gasteiger charge is -2.23. The number of hydrogen-bond acceptors (Lipinski definition) is 5. The van der Waals surface area contributed by atoms with E-state index in [2.05, 4.69) is 0 Å². The smallest absolute Gasteiger partial charge is 0.338 e. The molecule has 1 amide bonds. The normalized spacial score (nSPS) is 14.2. The van der Waals surface area contributed by atoms with Gasteiger partial charge in [0.1, 0.15) is 0 Å². The quantitative estimate of drug-likeness (QED) is 0.317. The SMILES string of the molecule is COC(=O)c1cccc(N2C(=O)/C(=C/c3ccc(OC)c(OC)c3)C=C2c2ccc(Cl)cc2)c1C. The number of ether oxygens (including phenoxy) is 3. The van der Waals surface area contributed by atoms with Gasteiger partial charge < -0.3 is 14.2 Å². The summed E-state index contributed by atoms with van der Waals surface area (Å²) in [5.41, 5.74) is 4.36. The minimum Gasteiger partial charge on any atom is -0.493 e. The van der Waals surface area contributed by atoms with Crippen molar-refractivity contribution in [1.29, 1.82) is 0 Å². The molecule has 3 aromatic rings. The minimum absolute atomic E-state index is 0.227. The molecule has 6 nitrogen and oxygen atoms in total. The summed E-state index contributed by atoms with van der Waals surface area (Å²) in [5, 5.41) is 0.593. The predicted octanol–water partition coefficient (Wildman–Crippen LogP) is 5.92. The van der Waals surface area contributed by atoms with E-state index >= 15 is 0 Å². The summed E-state index contributed by atoms with van der Waals surface area (Å²) < 4.78 is 15.6. The number of anilines is 1. The minimum atomic E-state index is -0.464. The molecule has 3 aromatic carbocycles. The molecule has 178 valence electrons. The molecule has 0 unspecified atom stereocenters. The molecule has 1 heterocycles. The Morgan fingerprint density at radius 1 is 0.943 bits per heavy atom. The second-order valence-corrected chi connectivity index (χ2v) is 8.27. The van der Waals surface area contributed by atoms with Gasteiger partial charge in [-0.05, 0) is 72.2 Å². The summed E-state index contributed by atoms with van der Waals surface area (Å²) in [6.45, 7) is 1.80. The van der Waals surface area contributed by atoms with Crippen molar-refractivity contribution in [2.24, 2.45) is 0 Å². The molecule has 1 aliphatic rings. The highest BCUT2D eigenvalue weighted by Gasteiger charge is 2.32. The number of esters is 1. The van der Waals surface area contributed by atoms with Gasteiger partial charge in [0.2, 0.25) is 0 Å². The fourth-order valence-corrected chi connectivity index (χ4v) is 4.13. The van der Waals surface area contributed by atoms with Crippen LogP contribution in [0.15, 0.2) is 72.3 Å². The molecule has 0 N–H and O–H groups in total. The average molecular weight is 490 g/mol. The Bertz CT molecular complexity index is 1360. The van der Waals surface area contributed by atoms with Crippen molar-refractivity contribution >= 4 is 40.9 Å². The van der Waals surface area contributed by atoms with Crippen molar-refractivity contribution in [3.63, 3.8) is 0 Å². The third-order valence-corrected chi connectivity index (χ3v) is 6.06. The molecule has 0 saturated carbocycles. The van der Waals surface area contributed by atoms with Crippen molar-refractivity contribution in [2.45, 2.75) is 6.92 Å². The van der Waals surface area contributed by atoms with Crippen LogP contribution >= 0.6 is 11.6 Å². The molecule has 1 aliphatic heterocycles. The molecule has 0 saturated heterocycles. The number of carbonyl (C=O) groups excluding carboxylic acids is 2. The monoisotopic (exact) mass is 489 g/mol. The average Bonchev–Trinajstić information content (AvgIpc) is 3.19. The molecule has 0 aliphatic carbocycles. The maximum atomic E-state index is 13.7. The van der Waals surface area contributed by atoms with E-state index in [1.165, 1.54) is 7.11 Å². The summed E-state index contributed by atoms with van der Waals surface area (Å²) in [4.78, 5) is 27.7. The van der Waals surface area contributed by atoms with Crippen LogP contribution in [0, 0.1) is 6.92 Å². The topological polar surface area (TPSA) is 65.1 Å².